The molecule has 0 spiro atoms. The summed E-state index contributed by atoms with van der Waals surface area (Å²) in [5.74, 6) is -3.22. The maximum atomic E-state index is 11.2. The first-order chi connectivity index (χ1) is 13.4. The van der Waals surface area contributed by atoms with Crippen LogP contribution in [0.3, 0.4) is 0 Å². The number of hydrogen-bond acceptors (Lipinski definition) is 9. The maximum absolute atomic E-state index is 11.2. The summed E-state index contributed by atoms with van der Waals surface area (Å²) in [6.45, 7) is 0. The van der Waals surface area contributed by atoms with E-state index in [1.807, 2.05) is 0 Å². The molecule has 0 bridgehead atoms. The Kier molecular flexibility index (Phi) is 8.89. The van der Waals surface area contributed by atoms with Crippen molar-refractivity contribution in [3.8, 4) is 0 Å². The summed E-state index contributed by atoms with van der Waals surface area (Å²) in [4.78, 5) is 3.95. The van der Waals surface area contributed by atoms with E-state index in [2.05, 4.69) is 4.98 Å². The van der Waals surface area contributed by atoms with E-state index in [4.69, 9.17) is 18.2 Å². The zero-order valence-electron chi connectivity index (χ0n) is 15.4. The van der Waals surface area contributed by atoms with Crippen LogP contribution < -0.4 is 0 Å². The predicted octanol–water partition coefficient (Wildman–Crippen LogP) is -1.20. The molecule has 0 fully saturated rings. The highest BCUT2D eigenvalue weighted by atomic mass is 32.2. The van der Waals surface area contributed by atoms with Gasteiger partial charge in [0.05, 0.1) is 23.0 Å². The highest BCUT2D eigenvalue weighted by Gasteiger charge is 2.21. The molecule has 0 radical (unpaired) electrons. The molecule has 13 nitrogen and oxygen atoms in total. The van der Waals surface area contributed by atoms with Crippen LogP contribution in [-0.4, -0.2) is 79.9 Å². The number of aryl methyl sites for hydroxylation is 2. The summed E-state index contributed by atoms with van der Waals surface area (Å²) in [5, 5.41) is 0. The first kappa shape index (κ1) is 26.8. The van der Waals surface area contributed by atoms with Crippen LogP contribution in [0, 0.1) is 0 Å². The molecule has 0 aliphatic rings. The molecule has 1 heterocycles. The molecular formula is C13H21NO12S4. The maximum Gasteiger partial charge on any atom is 0.265 e. The van der Waals surface area contributed by atoms with Crippen LogP contribution in [0.15, 0.2) is 6.20 Å². The van der Waals surface area contributed by atoms with E-state index in [0.717, 1.165) is 6.20 Å². The van der Waals surface area contributed by atoms with Gasteiger partial charge in [-0.2, -0.15) is 33.7 Å². The molecule has 0 saturated heterocycles. The standard InChI is InChI=1S/C13H21NO12S4/c15-27(16,17)5-1-10-9-14-13(4-8-30(24,25)26)12(3-7-29(21,22)23)11(10)2-6-28(18,19)20/h9H,1-8H2,(H,15,16,17)(H,18,19,20)(H,21,22,23)(H,24,25,26). The SMILES string of the molecule is O=S(=O)(O)CCc1cnc(CCS(=O)(=O)O)c(CCS(=O)(=O)O)c1CCS(=O)(=O)O. The van der Waals surface area contributed by atoms with Crippen molar-refractivity contribution in [1.29, 1.82) is 0 Å². The first-order valence-electron chi connectivity index (χ1n) is 8.15. The largest absolute Gasteiger partial charge is 0.286 e. The van der Waals surface area contributed by atoms with E-state index in [9.17, 15) is 33.7 Å². The van der Waals surface area contributed by atoms with Crippen molar-refractivity contribution < 1.29 is 51.9 Å². The lowest BCUT2D eigenvalue weighted by molar-refractivity contribution is 0.478. The fourth-order valence-electron chi connectivity index (χ4n) is 2.64. The van der Waals surface area contributed by atoms with Gasteiger partial charge in [-0.05, 0) is 36.0 Å². The van der Waals surface area contributed by atoms with Crippen LogP contribution in [0.2, 0.25) is 0 Å². The third-order valence-electron chi connectivity index (χ3n) is 3.92. The van der Waals surface area contributed by atoms with Gasteiger partial charge in [0.2, 0.25) is 0 Å². The highest BCUT2D eigenvalue weighted by Crippen LogP contribution is 2.22. The lowest BCUT2D eigenvalue weighted by Gasteiger charge is -2.17. The average Bonchev–Trinajstić information content (AvgIpc) is 2.52. The first-order valence-corrected chi connectivity index (χ1v) is 14.6. The Morgan fingerprint density at radius 1 is 0.567 bits per heavy atom. The van der Waals surface area contributed by atoms with Crippen LogP contribution >= 0.6 is 0 Å². The van der Waals surface area contributed by atoms with Crippen molar-refractivity contribution in [2.75, 3.05) is 23.0 Å². The van der Waals surface area contributed by atoms with E-state index in [0.29, 0.717) is 0 Å². The Labute approximate surface area is 174 Å². The minimum Gasteiger partial charge on any atom is -0.286 e. The van der Waals surface area contributed by atoms with Crippen molar-refractivity contribution in [3.63, 3.8) is 0 Å². The summed E-state index contributed by atoms with van der Waals surface area (Å²) in [5.41, 5.74) is 0.169. The van der Waals surface area contributed by atoms with Crippen LogP contribution in [0.1, 0.15) is 22.4 Å². The molecular weight excluding hydrogens is 490 g/mol. The van der Waals surface area contributed by atoms with Crippen molar-refractivity contribution in [2.24, 2.45) is 0 Å². The quantitative estimate of drug-likeness (QED) is 0.242. The molecule has 4 N–H and O–H groups in total. The molecule has 0 saturated carbocycles. The summed E-state index contributed by atoms with van der Waals surface area (Å²) in [6, 6.07) is 0. The predicted molar refractivity (Wildman–Crippen MR) is 105 cm³/mol. The second-order valence-corrected chi connectivity index (χ2v) is 12.6. The highest BCUT2D eigenvalue weighted by molar-refractivity contribution is 7.86. The number of hydrogen-bond donors (Lipinski definition) is 4. The fraction of sp³-hybridized carbons (Fsp3) is 0.615. The molecule has 0 unspecified atom stereocenters. The monoisotopic (exact) mass is 511 g/mol. The van der Waals surface area contributed by atoms with Crippen molar-refractivity contribution >= 4 is 40.5 Å². The molecule has 0 aliphatic heterocycles. The van der Waals surface area contributed by atoms with Gasteiger partial charge in [-0.15, -0.1) is 0 Å². The van der Waals surface area contributed by atoms with Crippen molar-refractivity contribution in [3.05, 3.63) is 28.6 Å². The summed E-state index contributed by atoms with van der Waals surface area (Å²) in [7, 11) is -17.8. The third kappa shape index (κ3) is 11.3. The van der Waals surface area contributed by atoms with Crippen molar-refractivity contribution in [1.82, 2.24) is 4.98 Å². The van der Waals surface area contributed by atoms with Crippen LogP contribution in [0.25, 0.3) is 0 Å². The molecule has 0 amide bonds. The van der Waals surface area contributed by atoms with Crippen LogP contribution in [0.5, 0.6) is 0 Å². The minimum atomic E-state index is -4.49. The van der Waals surface area contributed by atoms with E-state index < -0.39 is 82.7 Å². The van der Waals surface area contributed by atoms with Gasteiger partial charge in [0.25, 0.3) is 40.5 Å². The molecule has 1 rings (SSSR count). The molecule has 0 aromatic carbocycles. The van der Waals surface area contributed by atoms with Gasteiger partial charge in [-0.3, -0.25) is 23.2 Å². The fourth-order valence-corrected chi connectivity index (χ4v) is 4.50. The second-order valence-electron chi connectivity index (χ2n) is 6.33. The van der Waals surface area contributed by atoms with Gasteiger partial charge in [0, 0.05) is 18.3 Å². The molecule has 0 atom stereocenters. The Balaban J connectivity index is 3.53. The van der Waals surface area contributed by atoms with Gasteiger partial charge in [0.1, 0.15) is 0 Å². The summed E-state index contributed by atoms with van der Waals surface area (Å²) in [6.07, 6.45) is -0.489. The Bertz CT molecular complexity index is 1090. The molecule has 1 aromatic heterocycles. The van der Waals surface area contributed by atoms with E-state index in [1.54, 1.807) is 0 Å². The van der Waals surface area contributed by atoms with Crippen LogP contribution in [-0.2, 0) is 66.2 Å². The van der Waals surface area contributed by atoms with Crippen molar-refractivity contribution in [2.45, 2.75) is 25.7 Å². The van der Waals surface area contributed by atoms with Gasteiger partial charge < -0.3 is 0 Å². The zero-order valence-corrected chi connectivity index (χ0v) is 18.6. The second kappa shape index (κ2) is 9.94. The average molecular weight is 512 g/mol. The Hall–Kier alpha value is -1.21. The number of pyridine rings is 1. The zero-order chi connectivity index (χ0) is 23.4. The smallest absolute Gasteiger partial charge is 0.265 e. The molecule has 174 valence electrons. The van der Waals surface area contributed by atoms with E-state index in [-0.39, 0.29) is 28.8 Å². The number of nitrogens with zero attached hydrogens (tertiary/aromatic N) is 1. The number of rotatable bonds is 12. The lowest BCUT2D eigenvalue weighted by atomic mass is 9.95. The van der Waals surface area contributed by atoms with E-state index >= 15 is 0 Å². The van der Waals surface area contributed by atoms with Gasteiger partial charge in [0.15, 0.2) is 0 Å². The third-order valence-corrected chi connectivity index (χ3v) is 6.80. The van der Waals surface area contributed by atoms with E-state index in [1.165, 1.54) is 0 Å². The van der Waals surface area contributed by atoms with Crippen LogP contribution in [0.4, 0.5) is 0 Å². The normalized spacial score (nSPS) is 13.5. The Morgan fingerprint density at radius 2 is 0.933 bits per heavy atom. The minimum absolute atomic E-state index is 0.0211. The summed E-state index contributed by atoms with van der Waals surface area (Å²) < 4.78 is 125. The molecule has 17 heteroatoms. The van der Waals surface area contributed by atoms with Gasteiger partial charge >= 0.3 is 0 Å². The Morgan fingerprint density at radius 3 is 1.37 bits per heavy atom. The molecule has 0 aliphatic carbocycles. The molecule has 30 heavy (non-hydrogen) atoms. The lowest BCUT2D eigenvalue weighted by Crippen LogP contribution is -2.19. The topological polar surface area (TPSA) is 230 Å². The summed E-state index contributed by atoms with van der Waals surface area (Å²) >= 11 is 0. The number of aromatic nitrogens is 1. The van der Waals surface area contributed by atoms with Gasteiger partial charge in [-0.1, -0.05) is 0 Å². The molecule has 1 aromatic rings. The van der Waals surface area contributed by atoms with Gasteiger partial charge in [-0.25, -0.2) is 0 Å².